The van der Waals surface area contributed by atoms with Gasteiger partial charge in [0.25, 0.3) is 0 Å². The fourth-order valence-electron chi connectivity index (χ4n) is 8.63. The zero-order valence-corrected chi connectivity index (χ0v) is 33.3. The summed E-state index contributed by atoms with van der Waals surface area (Å²) in [4.78, 5) is 9.31. The predicted octanol–water partition coefficient (Wildman–Crippen LogP) is 9.70. The van der Waals surface area contributed by atoms with E-state index in [1.165, 1.54) is 69.2 Å². The minimum atomic E-state index is 0.287. The molecule has 0 unspecified atom stereocenters. The van der Waals surface area contributed by atoms with Crippen molar-refractivity contribution < 1.29 is 18.9 Å². The molecule has 0 radical (unpaired) electrons. The molecular weight excluding hydrogens is 708 g/mol. The van der Waals surface area contributed by atoms with E-state index >= 15 is 0 Å². The number of likely N-dealkylation sites (tertiary alicyclic amines) is 2. The maximum atomic E-state index is 9.35. The van der Waals surface area contributed by atoms with Crippen LogP contribution in [0.15, 0.2) is 67.0 Å². The number of nitriles is 1. The van der Waals surface area contributed by atoms with Crippen LogP contribution < -0.4 is 14.2 Å². The molecule has 290 valence electrons. The minimum absolute atomic E-state index is 0.287. The van der Waals surface area contributed by atoms with Gasteiger partial charge >= 0.3 is 0 Å². The normalized spacial score (nSPS) is 17.5. The summed E-state index contributed by atoms with van der Waals surface area (Å²) in [6.45, 7) is 13.8. The van der Waals surface area contributed by atoms with Crippen molar-refractivity contribution in [3.8, 4) is 34.4 Å². The van der Waals surface area contributed by atoms with Gasteiger partial charge in [-0.15, -0.1) is 0 Å². The number of aromatic nitrogens is 1. The second-order valence-electron chi connectivity index (χ2n) is 15.7. The van der Waals surface area contributed by atoms with E-state index in [9.17, 15) is 5.26 Å². The van der Waals surface area contributed by atoms with Crippen LogP contribution in [0.1, 0.15) is 84.7 Å². The molecular formula is C46H55ClN4O4. The summed E-state index contributed by atoms with van der Waals surface area (Å²) in [6, 6.07) is 20.6. The molecule has 1 spiro atoms. The van der Waals surface area contributed by atoms with E-state index in [1.807, 2.05) is 18.2 Å². The van der Waals surface area contributed by atoms with Crippen LogP contribution in [0, 0.1) is 30.6 Å². The highest BCUT2D eigenvalue weighted by atomic mass is 35.5. The lowest BCUT2D eigenvalue weighted by Crippen LogP contribution is -2.46. The number of hydrogen-bond acceptors (Lipinski definition) is 8. The van der Waals surface area contributed by atoms with E-state index in [2.05, 4.69) is 71.1 Å². The Morgan fingerprint density at radius 3 is 2.36 bits per heavy atom. The molecule has 3 fully saturated rings. The lowest BCUT2D eigenvalue weighted by molar-refractivity contribution is -0.0279. The van der Waals surface area contributed by atoms with Gasteiger partial charge in [-0.1, -0.05) is 48.4 Å². The number of piperidine rings is 2. The molecule has 0 amide bonds. The number of benzene rings is 3. The van der Waals surface area contributed by atoms with Gasteiger partial charge in [0.15, 0.2) is 0 Å². The molecule has 0 saturated carbocycles. The van der Waals surface area contributed by atoms with E-state index in [0.29, 0.717) is 35.0 Å². The van der Waals surface area contributed by atoms with E-state index < -0.39 is 0 Å². The Labute approximate surface area is 332 Å². The number of hydrogen-bond donors (Lipinski definition) is 0. The Kier molecular flexibility index (Phi) is 13.3. The molecule has 0 bridgehead atoms. The Morgan fingerprint density at radius 1 is 0.782 bits per heavy atom. The zero-order valence-electron chi connectivity index (χ0n) is 32.6. The van der Waals surface area contributed by atoms with Crippen LogP contribution >= 0.6 is 11.6 Å². The van der Waals surface area contributed by atoms with E-state index in [4.69, 9.17) is 30.5 Å². The standard InChI is InChI=1S/C46H55ClN4O4/c1-34-38(32-55-45-26-44(54-31-37-24-36(27-48)28-49-29-37)39(25-42(45)47)30-50-17-4-3-5-18-50)10-6-11-40(34)41-12-7-13-43(35(41)2)53-21-9-20-51-19-8-14-46(33-51)15-22-52-23-16-46/h6-7,10-13,24-26,28-29H,3-5,8-9,14-23,30-33H2,1-2H3. The van der Waals surface area contributed by atoms with Gasteiger partial charge in [0.1, 0.15) is 36.5 Å². The first-order chi connectivity index (χ1) is 26.9. The quantitative estimate of drug-likeness (QED) is 0.118. The molecule has 3 aromatic carbocycles. The zero-order chi connectivity index (χ0) is 38.0. The van der Waals surface area contributed by atoms with E-state index in [0.717, 1.165) is 85.1 Å². The summed E-state index contributed by atoms with van der Waals surface area (Å²) in [6.07, 6.45) is 13.0. The van der Waals surface area contributed by atoms with Gasteiger partial charge in [-0.25, -0.2) is 0 Å². The molecule has 3 saturated heterocycles. The lowest BCUT2D eigenvalue weighted by Gasteiger charge is -2.45. The maximum absolute atomic E-state index is 9.35. The summed E-state index contributed by atoms with van der Waals surface area (Å²) in [5.74, 6) is 2.24. The first-order valence-corrected chi connectivity index (χ1v) is 20.5. The molecule has 7 rings (SSSR count). The van der Waals surface area contributed by atoms with Crippen LogP contribution in [0.2, 0.25) is 5.02 Å². The predicted molar refractivity (Wildman–Crippen MR) is 218 cm³/mol. The third-order valence-corrected chi connectivity index (χ3v) is 12.1. The maximum Gasteiger partial charge on any atom is 0.142 e. The molecule has 0 aliphatic carbocycles. The van der Waals surface area contributed by atoms with Crippen molar-refractivity contribution in [1.82, 2.24) is 14.8 Å². The number of rotatable bonds is 14. The van der Waals surface area contributed by atoms with Gasteiger partial charge in [-0.2, -0.15) is 5.26 Å². The molecule has 55 heavy (non-hydrogen) atoms. The summed E-state index contributed by atoms with van der Waals surface area (Å²) >= 11 is 6.91. The van der Waals surface area contributed by atoms with Crippen molar-refractivity contribution in [2.45, 2.75) is 85.0 Å². The van der Waals surface area contributed by atoms with Crippen LogP contribution in [0.4, 0.5) is 0 Å². The third kappa shape index (κ3) is 10.0. The fraction of sp³-hybridized carbons (Fsp3) is 0.478. The van der Waals surface area contributed by atoms with Gasteiger partial charge in [0, 0.05) is 62.4 Å². The van der Waals surface area contributed by atoms with Crippen molar-refractivity contribution in [3.63, 3.8) is 0 Å². The summed E-state index contributed by atoms with van der Waals surface area (Å²) < 4.78 is 24.9. The number of ether oxygens (including phenoxy) is 4. The number of nitrogens with zero attached hydrogens (tertiary/aromatic N) is 4. The van der Waals surface area contributed by atoms with E-state index in [-0.39, 0.29) is 6.61 Å². The average Bonchev–Trinajstić information content (AvgIpc) is 3.21. The molecule has 4 heterocycles. The van der Waals surface area contributed by atoms with Crippen LogP contribution in [0.25, 0.3) is 11.1 Å². The third-order valence-electron chi connectivity index (χ3n) is 11.8. The highest BCUT2D eigenvalue weighted by Gasteiger charge is 2.36. The first-order valence-electron chi connectivity index (χ1n) is 20.2. The van der Waals surface area contributed by atoms with Crippen molar-refractivity contribution in [3.05, 3.63) is 105 Å². The molecule has 0 atom stereocenters. The Morgan fingerprint density at radius 2 is 1.55 bits per heavy atom. The Bertz CT molecular complexity index is 1940. The minimum Gasteiger partial charge on any atom is -0.493 e. The fourth-order valence-corrected chi connectivity index (χ4v) is 8.87. The van der Waals surface area contributed by atoms with Crippen LogP contribution in [0.5, 0.6) is 17.2 Å². The molecule has 4 aromatic rings. The topological polar surface area (TPSA) is 80.1 Å². The monoisotopic (exact) mass is 762 g/mol. The molecule has 1 aromatic heterocycles. The summed E-state index contributed by atoms with van der Waals surface area (Å²) in [5, 5.41) is 9.91. The van der Waals surface area contributed by atoms with Crippen LogP contribution in [-0.2, 0) is 24.5 Å². The molecule has 3 aliphatic heterocycles. The summed E-state index contributed by atoms with van der Waals surface area (Å²) in [5.41, 5.74) is 8.55. The largest absolute Gasteiger partial charge is 0.493 e. The summed E-state index contributed by atoms with van der Waals surface area (Å²) in [7, 11) is 0. The van der Waals surface area contributed by atoms with Crippen molar-refractivity contribution in [2.24, 2.45) is 5.41 Å². The molecule has 3 aliphatic rings. The van der Waals surface area contributed by atoms with Crippen molar-refractivity contribution in [2.75, 3.05) is 52.5 Å². The number of pyridine rings is 1. The van der Waals surface area contributed by atoms with Crippen LogP contribution in [-0.4, -0.2) is 67.3 Å². The van der Waals surface area contributed by atoms with Gasteiger partial charge in [-0.3, -0.25) is 9.88 Å². The molecule has 9 heteroatoms. The smallest absolute Gasteiger partial charge is 0.142 e. The van der Waals surface area contributed by atoms with Gasteiger partial charge in [0.05, 0.1) is 17.2 Å². The highest BCUT2D eigenvalue weighted by Crippen LogP contribution is 2.40. The second-order valence-corrected chi connectivity index (χ2v) is 16.1. The van der Waals surface area contributed by atoms with Gasteiger partial charge < -0.3 is 23.8 Å². The van der Waals surface area contributed by atoms with E-state index in [1.54, 1.807) is 12.4 Å². The van der Waals surface area contributed by atoms with Gasteiger partial charge in [-0.05, 0) is 130 Å². The highest BCUT2D eigenvalue weighted by molar-refractivity contribution is 6.32. The molecule has 0 N–H and O–H groups in total. The van der Waals surface area contributed by atoms with Crippen molar-refractivity contribution in [1.29, 1.82) is 5.26 Å². The average molecular weight is 763 g/mol. The number of halogens is 1. The first kappa shape index (κ1) is 39.1. The SMILES string of the molecule is Cc1c(COc2cc(OCc3cncc(C#N)c3)c(CN3CCCCC3)cc2Cl)cccc1-c1cccc(OCCCN2CCCC3(CCOCC3)C2)c1C. The second kappa shape index (κ2) is 18.7. The van der Waals surface area contributed by atoms with Crippen molar-refractivity contribution >= 4 is 11.6 Å². The Balaban J connectivity index is 1.01. The van der Waals surface area contributed by atoms with Crippen LogP contribution in [0.3, 0.4) is 0 Å². The lowest BCUT2D eigenvalue weighted by atomic mass is 9.74. The Hall–Kier alpha value is -4.13. The molecule has 8 nitrogen and oxygen atoms in total. The van der Waals surface area contributed by atoms with Gasteiger partial charge in [0.2, 0.25) is 0 Å².